The third-order valence-electron chi connectivity index (χ3n) is 4.93. The number of likely N-dealkylation sites (tertiary alicyclic amines) is 1. The molecule has 1 aliphatic heterocycles. The molecule has 1 aliphatic carbocycles. The van der Waals surface area contributed by atoms with E-state index < -0.39 is 0 Å². The summed E-state index contributed by atoms with van der Waals surface area (Å²) < 4.78 is 0. The minimum atomic E-state index is -0.313. The molecule has 1 aromatic heterocycles. The normalized spacial score (nSPS) is 21.2. The van der Waals surface area contributed by atoms with Crippen LogP contribution in [0.15, 0.2) is 10.9 Å². The summed E-state index contributed by atoms with van der Waals surface area (Å²) in [7, 11) is 0. The molecule has 3 rings (SSSR count). The highest BCUT2D eigenvalue weighted by molar-refractivity contribution is 5.92. The van der Waals surface area contributed by atoms with Crippen molar-refractivity contribution >= 4 is 11.8 Å². The monoisotopic (exact) mass is 332 g/mol. The average Bonchev–Trinajstić information content (AvgIpc) is 2.50. The summed E-state index contributed by atoms with van der Waals surface area (Å²) in [5.74, 6) is 0.826. The van der Waals surface area contributed by atoms with Crippen molar-refractivity contribution in [3.8, 4) is 0 Å². The van der Waals surface area contributed by atoms with Gasteiger partial charge in [0, 0.05) is 31.6 Å². The van der Waals surface area contributed by atoms with Gasteiger partial charge in [-0.2, -0.15) is 0 Å². The van der Waals surface area contributed by atoms with Gasteiger partial charge in [0.15, 0.2) is 0 Å². The lowest BCUT2D eigenvalue weighted by molar-refractivity contribution is -0.127. The molecule has 1 saturated heterocycles. The van der Waals surface area contributed by atoms with Crippen molar-refractivity contribution in [2.75, 3.05) is 19.6 Å². The fraction of sp³-hybridized carbons (Fsp3) is 0.647. The van der Waals surface area contributed by atoms with E-state index in [4.69, 9.17) is 0 Å². The van der Waals surface area contributed by atoms with Crippen LogP contribution in [0.1, 0.15) is 48.4 Å². The Morgan fingerprint density at radius 3 is 2.79 bits per heavy atom. The number of nitrogens with zero attached hydrogens (tertiary/aromatic N) is 2. The van der Waals surface area contributed by atoms with Crippen LogP contribution in [-0.2, 0) is 4.79 Å². The van der Waals surface area contributed by atoms with Gasteiger partial charge in [0.2, 0.25) is 5.91 Å². The van der Waals surface area contributed by atoms with Crippen molar-refractivity contribution < 1.29 is 9.59 Å². The number of hydrogen-bond acceptors (Lipinski definition) is 4. The Labute approximate surface area is 140 Å². The molecule has 0 spiro atoms. The number of rotatable bonds is 4. The highest BCUT2D eigenvalue weighted by Crippen LogP contribution is 2.26. The van der Waals surface area contributed by atoms with Gasteiger partial charge < -0.3 is 15.2 Å². The average molecular weight is 332 g/mol. The minimum Gasteiger partial charge on any atom is -0.356 e. The van der Waals surface area contributed by atoms with Crippen LogP contribution in [0.25, 0.3) is 0 Å². The van der Waals surface area contributed by atoms with Crippen molar-refractivity contribution in [1.82, 2.24) is 20.2 Å². The summed E-state index contributed by atoms with van der Waals surface area (Å²) in [6.45, 7) is 3.53. The van der Waals surface area contributed by atoms with Crippen LogP contribution >= 0.6 is 0 Å². The van der Waals surface area contributed by atoms with Gasteiger partial charge in [0.1, 0.15) is 11.5 Å². The Balaban J connectivity index is 1.57. The highest BCUT2D eigenvalue weighted by atomic mass is 16.2. The van der Waals surface area contributed by atoms with Gasteiger partial charge in [-0.25, -0.2) is 4.98 Å². The standard InChI is InChI=1S/C17H24N4O3/c1-11-19-14(8-15(22)20-11)17(24)21-7-3-4-12(10-21)9-18-16(23)13-5-2-6-13/h8,12-13H,2-7,9-10H2,1H3,(H,18,23)(H,19,20,22)/t12-/m1/s1. The molecule has 130 valence electrons. The second-order valence-corrected chi connectivity index (χ2v) is 6.85. The highest BCUT2D eigenvalue weighted by Gasteiger charge is 2.28. The molecule has 24 heavy (non-hydrogen) atoms. The number of H-pyrrole nitrogens is 1. The summed E-state index contributed by atoms with van der Waals surface area (Å²) in [5.41, 5.74) is -0.123. The van der Waals surface area contributed by atoms with Gasteiger partial charge in [-0.05, 0) is 38.5 Å². The Bertz CT molecular complexity index is 681. The maximum atomic E-state index is 12.6. The van der Waals surface area contributed by atoms with E-state index in [1.54, 1.807) is 11.8 Å². The Hall–Kier alpha value is -2.18. The molecule has 2 amide bonds. The summed E-state index contributed by atoms with van der Waals surface area (Å²) in [5, 5.41) is 3.02. The first-order valence-electron chi connectivity index (χ1n) is 8.68. The number of aromatic amines is 1. The van der Waals surface area contributed by atoms with E-state index in [-0.39, 0.29) is 34.9 Å². The first-order valence-corrected chi connectivity index (χ1v) is 8.68. The molecule has 0 bridgehead atoms. The largest absolute Gasteiger partial charge is 0.356 e. The number of piperidine rings is 1. The number of aryl methyl sites for hydroxylation is 1. The quantitative estimate of drug-likeness (QED) is 0.854. The Kier molecular flexibility index (Phi) is 4.97. The van der Waals surface area contributed by atoms with Crippen LogP contribution < -0.4 is 10.9 Å². The van der Waals surface area contributed by atoms with Crippen molar-refractivity contribution in [3.63, 3.8) is 0 Å². The van der Waals surface area contributed by atoms with Gasteiger partial charge in [-0.15, -0.1) is 0 Å². The molecule has 2 heterocycles. The number of nitrogens with one attached hydrogen (secondary N) is 2. The van der Waals surface area contributed by atoms with Crippen LogP contribution in [-0.4, -0.2) is 46.3 Å². The molecule has 1 aromatic rings. The van der Waals surface area contributed by atoms with Crippen molar-refractivity contribution in [3.05, 3.63) is 27.9 Å². The molecule has 2 N–H and O–H groups in total. The van der Waals surface area contributed by atoms with Gasteiger partial charge in [0.25, 0.3) is 11.5 Å². The molecule has 0 unspecified atom stereocenters. The molecule has 2 fully saturated rings. The SMILES string of the molecule is Cc1nc(C(=O)N2CCC[C@H](CNC(=O)C3CCC3)C2)cc(=O)[nH]1. The Morgan fingerprint density at radius 1 is 1.33 bits per heavy atom. The smallest absolute Gasteiger partial charge is 0.272 e. The second kappa shape index (κ2) is 7.15. The van der Waals surface area contributed by atoms with Crippen LogP contribution in [0.4, 0.5) is 0 Å². The Morgan fingerprint density at radius 2 is 2.12 bits per heavy atom. The van der Waals surface area contributed by atoms with E-state index in [0.29, 0.717) is 25.5 Å². The van der Waals surface area contributed by atoms with Gasteiger partial charge in [-0.3, -0.25) is 14.4 Å². The molecule has 0 radical (unpaired) electrons. The van der Waals surface area contributed by atoms with Crippen LogP contribution in [0, 0.1) is 18.8 Å². The van der Waals surface area contributed by atoms with E-state index in [9.17, 15) is 14.4 Å². The third kappa shape index (κ3) is 3.83. The van der Waals surface area contributed by atoms with Crippen molar-refractivity contribution in [2.45, 2.75) is 39.0 Å². The number of carbonyl (C=O) groups excluding carboxylic acids is 2. The first-order chi connectivity index (χ1) is 11.5. The summed E-state index contributed by atoms with van der Waals surface area (Å²) >= 11 is 0. The molecule has 2 aliphatic rings. The zero-order valence-electron chi connectivity index (χ0n) is 14.0. The summed E-state index contributed by atoms with van der Waals surface area (Å²) in [6, 6.07) is 1.25. The van der Waals surface area contributed by atoms with Crippen LogP contribution in [0.2, 0.25) is 0 Å². The number of amides is 2. The lowest BCUT2D eigenvalue weighted by Gasteiger charge is -2.33. The van der Waals surface area contributed by atoms with Crippen LogP contribution in [0.3, 0.4) is 0 Å². The molecule has 7 heteroatoms. The van der Waals surface area contributed by atoms with E-state index in [2.05, 4.69) is 15.3 Å². The molecule has 1 saturated carbocycles. The van der Waals surface area contributed by atoms with Gasteiger partial charge in [0.05, 0.1) is 0 Å². The van der Waals surface area contributed by atoms with Crippen molar-refractivity contribution in [1.29, 1.82) is 0 Å². The molecule has 0 aromatic carbocycles. The van der Waals surface area contributed by atoms with E-state index in [1.807, 2.05) is 0 Å². The number of carbonyl (C=O) groups is 2. The summed E-state index contributed by atoms with van der Waals surface area (Å²) in [6.07, 6.45) is 5.03. The van der Waals surface area contributed by atoms with E-state index >= 15 is 0 Å². The third-order valence-corrected chi connectivity index (χ3v) is 4.93. The minimum absolute atomic E-state index is 0.150. The first kappa shape index (κ1) is 16.7. The number of aromatic nitrogens is 2. The van der Waals surface area contributed by atoms with Gasteiger partial charge >= 0.3 is 0 Å². The fourth-order valence-electron chi connectivity index (χ4n) is 3.33. The molecule has 1 atom stereocenters. The van der Waals surface area contributed by atoms with E-state index in [1.165, 1.54) is 6.07 Å². The summed E-state index contributed by atoms with van der Waals surface area (Å²) in [4.78, 5) is 44.5. The number of hydrogen-bond donors (Lipinski definition) is 2. The zero-order chi connectivity index (χ0) is 17.1. The molecule has 7 nitrogen and oxygen atoms in total. The predicted octanol–water partition coefficient (Wildman–Crippen LogP) is 0.847. The molecular weight excluding hydrogens is 308 g/mol. The topological polar surface area (TPSA) is 95.2 Å². The fourth-order valence-corrected chi connectivity index (χ4v) is 3.33. The zero-order valence-corrected chi connectivity index (χ0v) is 14.0. The second-order valence-electron chi connectivity index (χ2n) is 6.85. The van der Waals surface area contributed by atoms with Crippen molar-refractivity contribution in [2.24, 2.45) is 11.8 Å². The van der Waals surface area contributed by atoms with E-state index in [0.717, 1.165) is 32.1 Å². The lowest BCUT2D eigenvalue weighted by atomic mass is 9.84. The molecular formula is C17H24N4O3. The van der Waals surface area contributed by atoms with Crippen LogP contribution in [0.5, 0.6) is 0 Å². The van der Waals surface area contributed by atoms with Gasteiger partial charge in [-0.1, -0.05) is 6.42 Å². The lowest BCUT2D eigenvalue weighted by Crippen LogP contribution is -2.45. The maximum absolute atomic E-state index is 12.6. The maximum Gasteiger partial charge on any atom is 0.272 e. The predicted molar refractivity (Wildman–Crippen MR) is 88.6 cm³/mol.